The van der Waals surface area contributed by atoms with Crippen LogP contribution in [0, 0.1) is 0 Å². The summed E-state index contributed by atoms with van der Waals surface area (Å²) in [6.45, 7) is 0. The third-order valence-electron chi connectivity index (χ3n) is 3.24. The lowest BCUT2D eigenvalue weighted by Crippen LogP contribution is -2.30. The molecule has 0 spiro atoms. The summed E-state index contributed by atoms with van der Waals surface area (Å²) in [7, 11) is 1.60. The van der Waals surface area contributed by atoms with Gasteiger partial charge in [-0.05, 0) is 35.7 Å². The Morgan fingerprint density at radius 3 is 2.55 bits per heavy atom. The summed E-state index contributed by atoms with van der Waals surface area (Å²) in [4.78, 5) is 0. The monoisotopic (exact) mass is 335 g/mol. The van der Waals surface area contributed by atoms with E-state index in [9.17, 15) is 5.11 Å². The number of aliphatic hydroxyl groups excluding tert-OH is 1. The molecule has 0 heterocycles. The Morgan fingerprint density at radius 2 is 1.90 bits per heavy atom. The second-order valence-corrected chi connectivity index (χ2v) is 5.54. The molecule has 0 amide bonds. The summed E-state index contributed by atoms with van der Waals surface area (Å²) in [5.41, 5.74) is 7.98. The highest BCUT2D eigenvalue weighted by atomic mass is 79.9. The van der Waals surface area contributed by atoms with Gasteiger partial charge in [-0.2, -0.15) is 0 Å². The Morgan fingerprint density at radius 1 is 1.20 bits per heavy atom. The van der Waals surface area contributed by atoms with Gasteiger partial charge in [-0.15, -0.1) is 0 Å². The van der Waals surface area contributed by atoms with Gasteiger partial charge in [-0.1, -0.05) is 46.3 Å². The van der Waals surface area contributed by atoms with Gasteiger partial charge >= 0.3 is 0 Å². The van der Waals surface area contributed by atoms with E-state index in [-0.39, 0.29) is 6.04 Å². The molecule has 0 radical (unpaired) electrons. The third kappa shape index (κ3) is 3.60. The zero-order chi connectivity index (χ0) is 14.5. The molecule has 0 saturated carbocycles. The molecule has 0 aromatic heterocycles. The second-order valence-electron chi connectivity index (χ2n) is 4.69. The van der Waals surface area contributed by atoms with Crippen LogP contribution in [0.5, 0.6) is 5.75 Å². The molecule has 106 valence electrons. The molecular weight excluding hydrogens is 318 g/mol. The lowest BCUT2D eigenvalue weighted by atomic mass is 9.97. The summed E-state index contributed by atoms with van der Waals surface area (Å²) in [6.07, 6.45) is -0.134. The van der Waals surface area contributed by atoms with Crippen LogP contribution in [-0.4, -0.2) is 18.3 Å². The number of hydrogen-bond donors (Lipinski definition) is 2. The zero-order valence-corrected chi connectivity index (χ0v) is 12.9. The fourth-order valence-electron chi connectivity index (χ4n) is 2.10. The molecule has 20 heavy (non-hydrogen) atoms. The Bertz CT molecular complexity index is 560. The van der Waals surface area contributed by atoms with Crippen molar-refractivity contribution in [2.24, 2.45) is 5.73 Å². The minimum atomic E-state index is -0.750. The highest BCUT2D eigenvalue weighted by molar-refractivity contribution is 9.10. The Hall–Kier alpha value is -1.36. The maximum absolute atomic E-state index is 10.4. The van der Waals surface area contributed by atoms with E-state index in [0.717, 1.165) is 15.6 Å². The molecule has 0 aliphatic rings. The van der Waals surface area contributed by atoms with E-state index in [2.05, 4.69) is 15.9 Å². The van der Waals surface area contributed by atoms with Gasteiger partial charge in [0.1, 0.15) is 5.75 Å². The number of benzene rings is 2. The molecule has 2 atom stereocenters. The molecule has 2 aromatic rings. The molecule has 2 aromatic carbocycles. The molecule has 3 nitrogen and oxygen atoms in total. The summed E-state index contributed by atoms with van der Waals surface area (Å²) < 4.78 is 6.01. The molecule has 0 fully saturated rings. The van der Waals surface area contributed by atoms with E-state index < -0.39 is 6.10 Å². The average Bonchev–Trinajstić information content (AvgIpc) is 2.48. The summed E-state index contributed by atoms with van der Waals surface area (Å²) in [5.74, 6) is 0.703. The van der Waals surface area contributed by atoms with Crippen molar-refractivity contribution >= 4 is 15.9 Å². The van der Waals surface area contributed by atoms with Crippen molar-refractivity contribution in [3.8, 4) is 5.75 Å². The molecule has 4 heteroatoms. The summed E-state index contributed by atoms with van der Waals surface area (Å²) in [5, 5.41) is 10.4. The molecule has 2 rings (SSSR count). The van der Waals surface area contributed by atoms with E-state index >= 15 is 0 Å². The standard InChI is InChI=1S/C16H18BrNO2/c1-20-12-7-8-14(17)13(10-12)16(19)15(18)9-11-5-3-2-4-6-11/h2-8,10,15-16,19H,9,18H2,1H3. The maximum atomic E-state index is 10.4. The van der Waals surface area contributed by atoms with Gasteiger partial charge in [0.05, 0.1) is 13.2 Å². The minimum absolute atomic E-state index is 0.374. The van der Waals surface area contributed by atoms with Crippen LogP contribution in [0.4, 0.5) is 0 Å². The predicted molar refractivity (Wildman–Crippen MR) is 83.8 cm³/mol. The normalized spacial score (nSPS) is 13.8. The average molecular weight is 336 g/mol. The zero-order valence-electron chi connectivity index (χ0n) is 11.3. The number of hydrogen-bond acceptors (Lipinski definition) is 3. The predicted octanol–water partition coefficient (Wildman–Crippen LogP) is 3.06. The van der Waals surface area contributed by atoms with E-state index in [1.54, 1.807) is 13.2 Å². The lowest BCUT2D eigenvalue weighted by Gasteiger charge is -2.21. The highest BCUT2D eigenvalue weighted by Gasteiger charge is 2.20. The Balaban J connectivity index is 2.16. The molecule has 2 unspecified atom stereocenters. The number of methoxy groups -OCH3 is 1. The van der Waals surface area contributed by atoms with E-state index in [0.29, 0.717) is 12.2 Å². The smallest absolute Gasteiger partial charge is 0.119 e. The van der Waals surface area contributed by atoms with Gasteiger partial charge < -0.3 is 15.6 Å². The molecule has 0 saturated heterocycles. The number of nitrogens with two attached hydrogens (primary N) is 1. The van der Waals surface area contributed by atoms with Crippen LogP contribution >= 0.6 is 15.9 Å². The van der Waals surface area contributed by atoms with Gasteiger partial charge in [-0.3, -0.25) is 0 Å². The fourth-order valence-corrected chi connectivity index (χ4v) is 2.59. The number of halogens is 1. The van der Waals surface area contributed by atoms with Gasteiger partial charge in [0.15, 0.2) is 0 Å². The van der Waals surface area contributed by atoms with Crippen LogP contribution in [0.2, 0.25) is 0 Å². The third-order valence-corrected chi connectivity index (χ3v) is 3.96. The summed E-state index contributed by atoms with van der Waals surface area (Å²) in [6, 6.07) is 15.0. The minimum Gasteiger partial charge on any atom is -0.497 e. The number of rotatable bonds is 5. The van der Waals surface area contributed by atoms with Gasteiger partial charge in [-0.25, -0.2) is 0 Å². The molecular formula is C16H18BrNO2. The van der Waals surface area contributed by atoms with Crippen LogP contribution in [0.25, 0.3) is 0 Å². The molecule has 3 N–H and O–H groups in total. The van der Waals surface area contributed by atoms with Crippen LogP contribution < -0.4 is 10.5 Å². The number of aliphatic hydroxyl groups is 1. The van der Waals surface area contributed by atoms with Crippen molar-refractivity contribution in [2.45, 2.75) is 18.6 Å². The van der Waals surface area contributed by atoms with Crippen LogP contribution in [0.15, 0.2) is 53.0 Å². The molecule has 0 aliphatic heterocycles. The summed E-state index contributed by atoms with van der Waals surface area (Å²) >= 11 is 3.44. The van der Waals surface area contributed by atoms with Crippen molar-refractivity contribution in [3.63, 3.8) is 0 Å². The van der Waals surface area contributed by atoms with E-state index in [1.165, 1.54) is 0 Å². The van der Waals surface area contributed by atoms with Crippen molar-refractivity contribution < 1.29 is 9.84 Å². The first-order valence-corrected chi connectivity index (χ1v) is 7.22. The van der Waals surface area contributed by atoms with Crippen molar-refractivity contribution in [1.82, 2.24) is 0 Å². The van der Waals surface area contributed by atoms with Gasteiger partial charge in [0.25, 0.3) is 0 Å². The first-order valence-electron chi connectivity index (χ1n) is 6.43. The molecule has 0 aliphatic carbocycles. The first-order chi connectivity index (χ1) is 9.61. The second kappa shape index (κ2) is 6.88. The topological polar surface area (TPSA) is 55.5 Å². The quantitative estimate of drug-likeness (QED) is 0.882. The van der Waals surface area contributed by atoms with Crippen molar-refractivity contribution in [2.75, 3.05) is 7.11 Å². The highest BCUT2D eigenvalue weighted by Crippen LogP contribution is 2.29. The fraction of sp³-hybridized carbons (Fsp3) is 0.250. The molecule has 0 bridgehead atoms. The Labute approximate surface area is 127 Å². The van der Waals surface area contributed by atoms with Crippen molar-refractivity contribution in [3.05, 3.63) is 64.1 Å². The van der Waals surface area contributed by atoms with Gasteiger partial charge in [0, 0.05) is 10.5 Å². The SMILES string of the molecule is COc1ccc(Br)c(C(O)C(N)Cc2ccccc2)c1. The number of ether oxygens (including phenoxy) is 1. The maximum Gasteiger partial charge on any atom is 0.119 e. The van der Waals surface area contributed by atoms with E-state index in [4.69, 9.17) is 10.5 Å². The van der Waals surface area contributed by atoms with Crippen LogP contribution in [0.1, 0.15) is 17.2 Å². The lowest BCUT2D eigenvalue weighted by molar-refractivity contribution is 0.145. The van der Waals surface area contributed by atoms with E-state index in [1.807, 2.05) is 42.5 Å². The van der Waals surface area contributed by atoms with Crippen LogP contribution in [0.3, 0.4) is 0 Å². The van der Waals surface area contributed by atoms with Crippen LogP contribution in [-0.2, 0) is 6.42 Å². The largest absolute Gasteiger partial charge is 0.497 e. The van der Waals surface area contributed by atoms with Gasteiger partial charge in [0.2, 0.25) is 0 Å². The Kier molecular flexibility index (Phi) is 5.17. The van der Waals surface area contributed by atoms with Crippen molar-refractivity contribution in [1.29, 1.82) is 0 Å². The first kappa shape index (κ1) is 15.0.